The molecule has 0 atom stereocenters. The number of benzene rings is 1. The molecule has 0 aliphatic heterocycles. The lowest BCUT2D eigenvalue weighted by Crippen LogP contribution is -2.18. The first kappa shape index (κ1) is 15.4. The summed E-state index contributed by atoms with van der Waals surface area (Å²) in [6.07, 6.45) is 4.21. The number of alkyl halides is 1. The second-order valence-electron chi connectivity index (χ2n) is 5.69. The second kappa shape index (κ2) is 7.16. The molecular formula is C17H18FN5. The Kier molecular flexibility index (Phi) is 4.79. The minimum atomic E-state index is -0.629. The zero-order valence-electron chi connectivity index (χ0n) is 12.7. The van der Waals surface area contributed by atoms with Crippen LogP contribution in [-0.2, 0) is 13.2 Å². The number of halogens is 1. The lowest BCUT2D eigenvalue weighted by atomic mass is 10.2. The van der Waals surface area contributed by atoms with Crippen LogP contribution in [0.5, 0.6) is 0 Å². The molecule has 0 unspecified atom stereocenters. The van der Waals surface area contributed by atoms with Crippen LogP contribution in [-0.4, -0.2) is 16.5 Å². The molecule has 23 heavy (non-hydrogen) atoms. The van der Waals surface area contributed by atoms with E-state index in [9.17, 15) is 4.39 Å². The summed E-state index contributed by atoms with van der Waals surface area (Å²) in [5.74, 6) is 1.11. The normalized spacial score (nSPS) is 13.6. The summed E-state index contributed by atoms with van der Waals surface area (Å²) in [5, 5.41) is 15.2. The Morgan fingerprint density at radius 2 is 2.22 bits per heavy atom. The maximum atomic E-state index is 13.2. The third-order valence-corrected chi connectivity index (χ3v) is 3.77. The van der Waals surface area contributed by atoms with E-state index >= 15 is 0 Å². The van der Waals surface area contributed by atoms with Gasteiger partial charge in [-0.05, 0) is 43.5 Å². The van der Waals surface area contributed by atoms with Crippen molar-refractivity contribution in [3.63, 3.8) is 0 Å². The first-order chi connectivity index (χ1) is 11.3. The molecule has 0 saturated heterocycles. The largest absolute Gasteiger partial charge is 0.324 e. The zero-order valence-corrected chi connectivity index (χ0v) is 12.7. The predicted molar refractivity (Wildman–Crippen MR) is 85.7 cm³/mol. The number of nitrogens with zero attached hydrogens (tertiary/aromatic N) is 3. The van der Waals surface area contributed by atoms with Gasteiger partial charge in [0.05, 0.1) is 17.3 Å². The molecule has 0 bridgehead atoms. The molecule has 1 aromatic carbocycles. The molecule has 0 radical (unpaired) electrons. The highest BCUT2D eigenvalue weighted by atomic mass is 19.1. The van der Waals surface area contributed by atoms with E-state index in [1.807, 2.05) is 6.07 Å². The fraction of sp³-hybridized carbons (Fsp3) is 0.353. The smallest absolute Gasteiger partial charge is 0.227 e. The summed E-state index contributed by atoms with van der Waals surface area (Å²) >= 11 is 0. The number of nitrogens with one attached hydrogen (secondary N) is 2. The molecule has 1 aromatic heterocycles. The van der Waals surface area contributed by atoms with Gasteiger partial charge in [0.25, 0.3) is 0 Å². The van der Waals surface area contributed by atoms with Crippen LogP contribution in [0.1, 0.15) is 29.7 Å². The van der Waals surface area contributed by atoms with Gasteiger partial charge < -0.3 is 10.6 Å². The number of anilines is 2. The average Bonchev–Trinajstić information content (AvgIpc) is 3.40. The fourth-order valence-corrected chi connectivity index (χ4v) is 2.29. The number of hydrogen-bond donors (Lipinski definition) is 2. The monoisotopic (exact) mass is 311 g/mol. The molecule has 1 saturated carbocycles. The van der Waals surface area contributed by atoms with Gasteiger partial charge in [-0.3, -0.25) is 0 Å². The maximum absolute atomic E-state index is 13.2. The molecule has 6 heteroatoms. The Balaban J connectivity index is 1.68. The summed E-state index contributed by atoms with van der Waals surface area (Å²) < 4.78 is 13.2. The van der Waals surface area contributed by atoms with Crippen molar-refractivity contribution in [3.05, 3.63) is 47.3 Å². The quantitative estimate of drug-likeness (QED) is 0.822. The Hall–Kier alpha value is -2.52. The molecule has 1 fully saturated rings. The van der Waals surface area contributed by atoms with E-state index < -0.39 is 6.67 Å². The summed E-state index contributed by atoms with van der Waals surface area (Å²) in [5.41, 5.74) is 2.42. The first-order valence-corrected chi connectivity index (χ1v) is 7.67. The Morgan fingerprint density at radius 1 is 1.35 bits per heavy atom. The van der Waals surface area contributed by atoms with Crippen molar-refractivity contribution in [2.75, 3.05) is 11.9 Å². The van der Waals surface area contributed by atoms with Gasteiger partial charge in [-0.2, -0.15) is 5.26 Å². The molecule has 1 aliphatic rings. The Labute approximate surface area is 134 Å². The van der Waals surface area contributed by atoms with Crippen LogP contribution >= 0.6 is 0 Å². The molecule has 2 aromatic rings. The van der Waals surface area contributed by atoms with Crippen molar-refractivity contribution in [2.24, 2.45) is 5.92 Å². The van der Waals surface area contributed by atoms with Crippen molar-refractivity contribution >= 4 is 11.6 Å². The van der Waals surface area contributed by atoms with E-state index in [0.29, 0.717) is 29.4 Å². The highest BCUT2D eigenvalue weighted by Crippen LogP contribution is 2.27. The Bertz CT molecular complexity index is 721. The number of rotatable bonds is 7. The van der Waals surface area contributed by atoms with Crippen LogP contribution in [0, 0.1) is 17.2 Å². The molecule has 3 rings (SSSR count). The van der Waals surface area contributed by atoms with Crippen LogP contribution in [0.15, 0.2) is 30.5 Å². The van der Waals surface area contributed by atoms with E-state index in [0.717, 1.165) is 18.0 Å². The lowest BCUT2D eigenvalue weighted by Gasteiger charge is -2.10. The van der Waals surface area contributed by atoms with E-state index in [2.05, 4.69) is 26.7 Å². The number of aromatic nitrogens is 2. The summed E-state index contributed by atoms with van der Waals surface area (Å²) in [7, 11) is 0. The maximum Gasteiger partial charge on any atom is 0.227 e. The molecule has 2 N–H and O–H groups in total. The predicted octanol–water partition coefficient (Wildman–Crippen LogP) is 3.06. The third kappa shape index (κ3) is 4.24. The fourth-order valence-electron chi connectivity index (χ4n) is 2.29. The SMILES string of the molecule is N#Cc1cccc(Nc2ncc(CNCC3CC3)c(CF)n2)c1. The van der Waals surface area contributed by atoms with E-state index in [-0.39, 0.29) is 0 Å². The van der Waals surface area contributed by atoms with Gasteiger partial charge in [0.2, 0.25) is 5.95 Å². The standard InChI is InChI=1S/C17H18FN5/c18-7-16-14(10-20-9-12-4-5-12)11-21-17(23-16)22-15-3-1-2-13(6-15)8-19/h1-3,6,11-12,20H,4-5,7,9-10H2,(H,21,22,23). The van der Waals surface area contributed by atoms with Crippen LogP contribution < -0.4 is 10.6 Å². The number of nitriles is 1. The van der Waals surface area contributed by atoms with Crippen LogP contribution in [0.2, 0.25) is 0 Å². The van der Waals surface area contributed by atoms with Crippen molar-refractivity contribution in [3.8, 4) is 6.07 Å². The van der Waals surface area contributed by atoms with Crippen LogP contribution in [0.25, 0.3) is 0 Å². The highest BCUT2D eigenvalue weighted by Gasteiger charge is 2.20. The van der Waals surface area contributed by atoms with Crippen LogP contribution in [0.4, 0.5) is 16.0 Å². The Morgan fingerprint density at radius 3 is 2.96 bits per heavy atom. The van der Waals surface area contributed by atoms with Gasteiger partial charge in [0.15, 0.2) is 0 Å². The lowest BCUT2D eigenvalue weighted by molar-refractivity contribution is 0.470. The molecular weight excluding hydrogens is 293 g/mol. The second-order valence-corrected chi connectivity index (χ2v) is 5.69. The third-order valence-electron chi connectivity index (χ3n) is 3.77. The topological polar surface area (TPSA) is 73.6 Å². The van der Waals surface area contributed by atoms with Crippen molar-refractivity contribution in [1.29, 1.82) is 5.26 Å². The molecule has 0 amide bonds. The van der Waals surface area contributed by atoms with Gasteiger partial charge in [-0.25, -0.2) is 14.4 Å². The summed E-state index contributed by atoms with van der Waals surface area (Å²) in [6.45, 7) is 0.919. The van der Waals surface area contributed by atoms with Gasteiger partial charge in [0, 0.05) is 24.0 Å². The van der Waals surface area contributed by atoms with Gasteiger partial charge >= 0.3 is 0 Å². The van der Waals surface area contributed by atoms with E-state index in [4.69, 9.17) is 5.26 Å². The molecule has 5 nitrogen and oxygen atoms in total. The van der Waals surface area contributed by atoms with Crippen molar-refractivity contribution < 1.29 is 4.39 Å². The van der Waals surface area contributed by atoms with E-state index in [1.54, 1.807) is 24.4 Å². The molecule has 0 spiro atoms. The van der Waals surface area contributed by atoms with Crippen LogP contribution in [0.3, 0.4) is 0 Å². The molecule has 118 valence electrons. The van der Waals surface area contributed by atoms with Crippen molar-refractivity contribution in [2.45, 2.75) is 26.1 Å². The average molecular weight is 311 g/mol. The van der Waals surface area contributed by atoms with Gasteiger partial charge in [0.1, 0.15) is 6.67 Å². The molecule has 1 aliphatic carbocycles. The number of hydrogen-bond acceptors (Lipinski definition) is 5. The summed E-state index contributed by atoms with van der Waals surface area (Å²) in [4.78, 5) is 8.47. The molecule has 1 heterocycles. The van der Waals surface area contributed by atoms with E-state index in [1.165, 1.54) is 12.8 Å². The van der Waals surface area contributed by atoms with Gasteiger partial charge in [-0.1, -0.05) is 6.07 Å². The van der Waals surface area contributed by atoms with Crippen molar-refractivity contribution in [1.82, 2.24) is 15.3 Å². The van der Waals surface area contributed by atoms with Gasteiger partial charge in [-0.15, -0.1) is 0 Å². The minimum absolute atomic E-state index is 0.332. The minimum Gasteiger partial charge on any atom is -0.324 e. The first-order valence-electron chi connectivity index (χ1n) is 7.67. The zero-order chi connectivity index (χ0) is 16.1. The highest BCUT2D eigenvalue weighted by molar-refractivity contribution is 5.56. The summed E-state index contributed by atoms with van der Waals surface area (Å²) in [6, 6.07) is 9.07.